The van der Waals surface area contributed by atoms with Gasteiger partial charge in [-0.15, -0.1) is 5.92 Å². The van der Waals surface area contributed by atoms with Crippen molar-refractivity contribution in [1.29, 1.82) is 0 Å². The zero-order chi connectivity index (χ0) is 6.53. The summed E-state index contributed by atoms with van der Waals surface area (Å²) in [7, 11) is 0. The molecule has 1 aliphatic heterocycles. The van der Waals surface area contributed by atoms with Crippen molar-refractivity contribution < 1.29 is 4.74 Å². The number of hydrogen-bond acceptors (Lipinski definition) is 1. The fourth-order valence-corrected chi connectivity index (χ4v) is 0.661. The summed E-state index contributed by atoms with van der Waals surface area (Å²) in [5.74, 6) is 6.11. The fourth-order valence-electron chi connectivity index (χ4n) is 0.661. The lowest BCUT2D eigenvalue weighted by molar-refractivity contribution is -0.0122. The SMILES string of the molecule is CCCC#CC1CCO1. The number of rotatable bonds is 1. The van der Waals surface area contributed by atoms with Gasteiger partial charge in [0.15, 0.2) is 0 Å². The van der Waals surface area contributed by atoms with Crippen LogP contribution in [-0.2, 0) is 4.74 Å². The summed E-state index contributed by atoms with van der Waals surface area (Å²) >= 11 is 0. The molecule has 0 bridgehead atoms. The van der Waals surface area contributed by atoms with E-state index >= 15 is 0 Å². The van der Waals surface area contributed by atoms with Crippen LogP contribution in [0.1, 0.15) is 26.2 Å². The highest BCUT2D eigenvalue weighted by molar-refractivity contribution is 5.06. The first-order valence-electron chi connectivity index (χ1n) is 3.53. The summed E-state index contributed by atoms with van der Waals surface area (Å²) in [4.78, 5) is 0. The Bertz CT molecular complexity index is 125. The normalized spacial score (nSPS) is 23.9. The molecule has 0 spiro atoms. The summed E-state index contributed by atoms with van der Waals surface area (Å²) in [5, 5.41) is 0. The van der Waals surface area contributed by atoms with Gasteiger partial charge in [-0.2, -0.15) is 0 Å². The average molecular weight is 124 g/mol. The smallest absolute Gasteiger partial charge is 0.120 e. The number of hydrogen-bond donors (Lipinski definition) is 0. The minimum Gasteiger partial charge on any atom is -0.365 e. The van der Waals surface area contributed by atoms with Crippen molar-refractivity contribution in [3.05, 3.63) is 0 Å². The largest absolute Gasteiger partial charge is 0.365 e. The van der Waals surface area contributed by atoms with E-state index < -0.39 is 0 Å². The van der Waals surface area contributed by atoms with Crippen LogP contribution in [0.3, 0.4) is 0 Å². The Morgan fingerprint density at radius 1 is 1.67 bits per heavy atom. The Balaban J connectivity index is 2.08. The molecule has 0 N–H and O–H groups in total. The summed E-state index contributed by atoms with van der Waals surface area (Å²) < 4.78 is 5.10. The van der Waals surface area contributed by atoms with Gasteiger partial charge in [-0.25, -0.2) is 0 Å². The van der Waals surface area contributed by atoms with Crippen LogP contribution in [0.4, 0.5) is 0 Å². The van der Waals surface area contributed by atoms with Gasteiger partial charge in [-0.1, -0.05) is 12.8 Å². The van der Waals surface area contributed by atoms with Gasteiger partial charge in [0, 0.05) is 12.8 Å². The molecule has 1 heteroatoms. The lowest BCUT2D eigenvalue weighted by atomic mass is 10.2. The molecule has 0 amide bonds. The molecular weight excluding hydrogens is 112 g/mol. The van der Waals surface area contributed by atoms with E-state index in [0.29, 0.717) is 0 Å². The Labute approximate surface area is 56.4 Å². The van der Waals surface area contributed by atoms with Crippen LogP contribution in [0.15, 0.2) is 0 Å². The van der Waals surface area contributed by atoms with Crippen molar-refractivity contribution in [3.8, 4) is 11.8 Å². The van der Waals surface area contributed by atoms with Crippen molar-refractivity contribution in [1.82, 2.24) is 0 Å². The summed E-state index contributed by atoms with van der Waals surface area (Å²) in [6, 6.07) is 0. The highest BCUT2D eigenvalue weighted by Gasteiger charge is 2.13. The molecule has 0 radical (unpaired) electrons. The molecule has 1 heterocycles. The maximum absolute atomic E-state index is 5.10. The molecule has 1 unspecified atom stereocenters. The molecule has 9 heavy (non-hydrogen) atoms. The van der Waals surface area contributed by atoms with Crippen LogP contribution in [0.25, 0.3) is 0 Å². The first kappa shape index (κ1) is 6.64. The van der Waals surface area contributed by atoms with Gasteiger partial charge < -0.3 is 4.74 Å². The number of unbranched alkanes of at least 4 members (excludes halogenated alkanes) is 1. The zero-order valence-electron chi connectivity index (χ0n) is 5.81. The predicted molar refractivity (Wildman–Crippen MR) is 37.0 cm³/mol. The van der Waals surface area contributed by atoms with E-state index in [2.05, 4.69) is 18.8 Å². The zero-order valence-corrected chi connectivity index (χ0v) is 5.81. The molecule has 50 valence electrons. The van der Waals surface area contributed by atoms with Gasteiger partial charge in [0.25, 0.3) is 0 Å². The maximum Gasteiger partial charge on any atom is 0.120 e. The van der Waals surface area contributed by atoms with Crippen LogP contribution >= 0.6 is 0 Å². The van der Waals surface area contributed by atoms with Crippen molar-refractivity contribution in [3.63, 3.8) is 0 Å². The van der Waals surface area contributed by atoms with Crippen LogP contribution in [-0.4, -0.2) is 12.7 Å². The van der Waals surface area contributed by atoms with Gasteiger partial charge in [0.05, 0.1) is 6.61 Å². The summed E-state index contributed by atoms with van der Waals surface area (Å²) in [5.41, 5.74) is 0. The molecular formula is C8H12O. The molecule has 0 aromatic carbocycles. The van der Waals surface area contributed by atoms with Crippen LogP contribution in [0.5, 0.6) is 0 Å². The Morgan fingerprint density at radius 2 is 2.44 bits per heavy atom. The van der Waals surface area contributed by atoms with E-state index in [1.165, 1.54) is 0 Å². The summed E-state index contributed by atoms with van der Waals surface area (Å²) in [6.07, 6.45) is 3.58. The average Bonchev–Trinajstić information content (AvgIpc) is 1.76. The van der Waals surface area contributed by atoms with Gasteiger partial charge in [0.1, 0.15) is 6.10 Å². The van der Waals surface area contributed by atoms with Crippen LogP contribution in [0, 0.1) is 11.8 Å². The van der Waals surface area contributed by atoms with Crippen LogP contribution < -0.4 is 0 Å². The highest BCUT2D eigenvalue weighted by atomic mass is 16.5. The van der Waals surface area contributed by atoms with Crippen molar-refractivity contribution in [2.24, 2.45) is 0 Å². The quantitative estimate of drug-likeness (QED) is 0.482. The lowest BCUT2D eigenvalue weighted by Gasteiger charge is -2.20. The molecule has 0 aromatic heterocycles. The molecule has 1 nitrogen and oxygen atoms in total. The third kappa shape index (κ3) is 2.07. The van der Waals surface area contributed by atoms with Gasteiger partial charge >= 0.3 is 0 Å². The molecule has 0 saturated carbocycles. The summed E-state index contributed by atoms with van der Waals surface area (Å²) in [6.45, 7) is 3.04. The van der Waals surface area contributed by atoms with E-state index in [1.54, 1.807) is 0 Å². The maximum atomic E-state index is 5.10. The van der Waals surface area contributed by atoms with Crippen molar-refractivity contribution >= 4 is 0 Å². The Morgan fingerprint density at radius 3 is 2.89 bits per heavy atom. The third-order valence-electron chi connectivity index (χ3n) is 1.34. The fraction of sp³-hybridized carbons (Fsp3) is 0.750. The highest BCUT2D eigenvalue weighted by Crippen LogP contribution is 2.08. The van der Waals surface area contributed by atoms with E-state index in [0.717, 1.165) is 25.9 Å². The predicted octanol–water partition coefficient (Wildman–Crippen LogP) is 1.58. The molecule has 1 saturated heterocycles. The minimum atomic E-state index is 0.275. The minimum absolute atomic E-state index is 0.275. The van der Waals surface area contributed by atoms with Gasteiger partial charge in [-0.05, 0) is 6.42 Å². The van der Waals surface area contributed by atoms with E-state index in [4.69, 9.17) is 4.74 Å². The molecule has 1 rings (SSSR count). The molecule has 0 aliphatic carbocycles. The monoisotopic (exact) mass is 124 g/mol. The Kier molecular flexibility index (Phi) is 2.60. The standard InChI is InChI=1S/C8H12O/c1-2-3-4-5-8-6-7-9-8/h8H,2-3,6-7H2,1H3. The number of ether oxygens (including phenoxy) is 1. The molecule has 0 aromatic rings. The van der Waals surface area contributed by atoms with Gasteiger partial charge in [0.2, 0.25) is 0 Å². The third-order valence-corrected chi connectivity index (χ3v) is 1.34. The molecule has 1 atom stereocenters. The lowest BCUT2D eigenvalue weighted by Crippen LogP contribution is -2.24. The van der Waals surface area contributed by atoms with E-state index in [-0.39, 0.29) is 6.10 Å². The van der Waals surface area contributed by atoms with E-state index in [1.807, 2.05) is 0 Å². The van der Waals surface area contributed by atoms with Crippen LogP contribution in [0.2, 0.25) is 0 Å². The first-order chi connectivity index (χ1) is 4.43. The van der Waals surface area contributed by atoms with Gasteiger partial charge in [-0.3, -0.25) is 0 Å². The van der Waals surface area contributed by atoms with Crippen molar-refractivity contribution in [2.45, 2.75) is 32.3 Å². The Hall–Kier alpha value is -0.480. The molecule has 1 fully saturated rings. The van der Waals surface area contributed by atoms with Crippen molar-refractivity contribution in [2.75, 3.05) is 6.61 Å². The second-order valence-corrected chi connectivity index (χ2v) is 2.22. The van der Waals surface area contributed by atoms with E-state index in [9.17, 15) is 0 Å². The molecule has 1 aliphatic rings. The second kappa shape index (κ2) is 3.53. The second-order valence-electron chi connectivity index (χ2n) is 2.22. The first-order valence-corrected chi connectivity index (χ1v) is 3.53. The topological polar surface area (TPSA) is 9.23 Å².